The highest BCUT2D eigenvalue weighted by Crippen LogP contribution is 2.32. The molecule has 0 bridgehead atoms. The van der Waals surface area contributed by atoms with E-state index in [2.05, 4.69) is 9.97 Å². The quantitative estimate of drug-likeness (QED) is 0.222. The van der Waals surface area contributed by atoms with Crippen LogP contribution >= 0.6 is 0 Å². The second-order valence-corrected chi connectivity index (χ2v) is 8.54. The predicted molar refractivity (Wildman–Crippen MR) is 142 cm³/mol. The number of aromatic nitrogens is 2. The Balaban J connectivity index is 1.22. The van der Waals surface area contributed by atoms with Gasteiger partial charge in [0.2, 0.25) is 11.8 Å². The van der Waals surface area contributed by atoms with Gasteiger partial charge in [-0.3, -0.25) is 0 Å². The summed E-state index contributed by atoms with van der Waals surface area (Å²) in [5.41, 5.74) is 4.80. The highest BCUT2D eigenvalue weighted by atomic mass is 16.5. The molecule has 0 N–H and O–H groups in total. The molecule has 0 aliphatic rings. The van der Waals surface area contributed by atoms with Gasteiger partial charge in [-0.2, -0.15) is 0 Å². The van der Waals surface area contributed by atoms with Gasteiger partial charge in [-0.15, -0.1) is 0 Å². The third kappa shape index (κ3) is 4.69. The van der Waals surface area contributed by atoms with Gasteiger partial charge in [-0.25, -0.2) is 19.6 Å². The summed E-state index contributed by atoms with van der Waals surface area (Å²) >= 11 is 0. The number of nitrogens with zero attached hydrogens (tertiary/aromatic N) is 2. The van der Waals surface area contributed by atoms with Crippen molar-refractivity contribution in [2.24, 2.45) is 0 Å². The van der Waals surface area contributed by atoms with E-state index in [1.807, 2.05) is 0 Å². The zero-order chi connectivity index (χ0) is 26.9. The van der Waals surface area contributed by atoms with E-state index < -0.39 is 11.9 Å². The van der Waals surface area contributed by atoms with Crippen molar-refractivity contribution in [3.8, 4) is 34.4 Å². The number of methoxy groups -OCH3 is 2. The molecule has 0 aliphatic heterocycles. The van der Waals surface area contributed by atoms with Gasteiger partial charge in [-0.1, -0.05) is 0 Å². The lowest BCUT2D eigenvalue weighted by Crippen LogP contribution is -2.00. The number of rotatable bonds is 6. The van der Waals surface area contributed by atoms with Crippen LogP contribution in [0.15, 0.2) is 93.8 Å². The van der Waals surface area contributed by atoms with Crippen molar-refractivity contribution in [1.29, 1.82) is 0 Å². The number of carbonyl (C=O) groups is 2. The van der Waals surface area contributed by atoms with Crippen molar-refractivity contribution in [3.05, 3.63) is 96.1 Å². The third-order valence-electron chi connectivity index (χ3n) is 6.06. The number of ether oxygens (including phenoxy) is 3. The summed E-state index contributed by atoms with van der Waals surface area (Å²) in [5, 5.41) is 0. The van der Waals surface area contributed by atoms with Crippen LogP contribution in [0.25, 0.3) is 45.1 Å². The smallest absolute Gasteiger partial charge is 0.337 e. The van der Waals surface area contributed by atoms with Crippen molar-refractivity contribution >= 4 is 34.1 Å². The lowest BCUT2D eigenvalue weighted by atomic mass is 10.1. The van der Waals surface area contributed by atoms with Gasteiger partial charge >= 0.3 is 11.9 Å². The van der Waals surface area contributed by atoms with Crippen LogP contribution in [0.5, 0.6) is 11.5 Å². The van der Waals surface area contributed by atoms with Crippen molar-refractivity contribution < 1.29 is 32.6 Å². The van der Waals surface area contributed by atoms with Gasteiger partial charge in [0.25, 0.3) is 0 Å². The van der Waals surface area contributed by atoms with E-state index >= 15 is 0 Å². The first kappa shape index (κ1) is 23.9. The monoisotopic (exact) mass is 520 g/mol. The van der Waals surface area contributed by atoms with Gasteiger partial charge in [0, 0.05) is 23.3 Å². The van der Waals surface area contributed by atoms with E-state index in [4.69, 9.17) is 23.0 Å². The summed E-state index contributed by atoms with van der Waals surface area (Å²) in [6.07, 6.45) is 0. The Bertz CT molecular complexity index is 1700. The molecule has 0 spiro atoms. The molecule has 9 heteroatoms. The molecular weight excluding hydrogens is 500 g/mol. The fourth-order valence-electron chi connectivity index (χ4n) is 4.06. The first-order chi connectivity index (χ1) is 19.0. The molecule has 192 valence electrons. The highest BCUT2D eigenvalue weighted by molar-refractivity contribution is 5.90. The second-order valence-electron chi connectivity index (χ2n) is 8.54. The van der Waals surface area contributed by atoms with Crippen molar-refractivity contribution in [2.45, 2.75) is 0 Å². The Morgan fingerprint density at radius 3 is 1.38 bits per heavy atom. The summed E-state index contributed by atoms with van der Waals surface area (Å²) < 4.78 is 27.3. The molecule has 39 heavy (non-hydrogen) atoms. The van der Waals surface area contributed by atoms with Crippen LogP contribution in [0.4, 0.5) is 0 Å². The van der Waals surface area contributed by atoms with E-state index in [0.29, 0.717) is 56.6 Å². The Morgan fingerprint density at radius 2 is 1.00 bits per heavy atom. The lowest BCUT2D eigenvalue weighted by molar-refractivity contribution is 0.0592. The molecule has 0 radical (unpaired) electrons. The summed E-state index contributed by atoms with van der Waals surface area (Å²) in [7, 11) is 2.68. The zero-order valence-corrected chi connectivity index (χ0v) is 20.8. The van der Waals surface area contributed by atoms with Gasteiger partial charge in [0.05, 0.1) is 25.3 Å². The van der Waals surface area contributed by atoms with E-state index in [-0.39, 0.29) is 0 Å². The van der Waals surface area contributed by atoms with Gasteiger partial charge in [-0.05, 0) is 72.8 Å². The molecule has 0 saturated carbocycles. The average Bonchev–Trinajstić information content (AvgIpc) is 3.60. The topological polar surface area (TPSA) is 114 Å². The van der Waals surface area contributed by atoms with E-state index in [0.717, 1.165) is 11.1 Å². The Morgan fingerprint density at radius 1 is 0.590 bits per heavy atom. The number of hydrogen-bond donors (Lipinski definition) is 0. The first-order valence-corrected chi connectivity index (χ1v) is 11.9. The van der Waals surface area contributed by atoms with Crippen LogP contribution in [0.2, 0.25) is 0 Å². The maximum atomic E-state index is 11.7. The molecule has 2 aromatic heterocycles. The number of esters is 2. The Labute approximate surface area is 221 Å². The van der Waals surface area contributed by atoms with E-state index in [1.54, 1.807) is 84.9 Å². The van der Waals surface area contributed by atoms with Crippen LogP contribution in [-0.2, 0) is 9.47 Å². The number of hydrogen-bond acceptors (Lipinski definition) is 9. The van der Waals surface area contributed by atoms with Gasteiger partial charge in [0.15, 0.2) is 11.2 Å². The van der Waals surface area contributed by atoms with Gasteiger partial charge in [0.1, 0.15) is 22.5 Å². The van der Waals surface area contributed by atoms with Gasteiger partial charge < -0.3 is 23.0 Å². The maximum Gasteiger partial charge on any atom is 0.337 e. The summed E-state index contributed by atoms with van der Waals surface area (Å²) in [4.78, 5) is 32.5. The average molecular weight is 520 g/mol. The number of benzene rings is 4. The van der Waals surface area contributed by atoms with Crippen LogP contribution < -0.4 is 4.74 Å². The molecule has 9 nitrogen and oxygen atoms in total. The standard InChI is InChI=1S/C30H20N2O7/c1-35-29(33)19-7-3-17(4-8-19)27-31-23-15-21(11-13-25(23)38-27)37-22-12-14-26-24(16-22)32-28(39-26)18-5-9-20(10-6-18)30(34)36-2/h3-16H,1-2H3. The molecule has 4 aromatic carbocycles. The van der Waals surface area contributed by atoms with Crippen LogP contribution in [0.1, 0.15) is 20.7 Å². The fraction of sp³-hybridized carbons (Fsp3) is 0.0667. The molecule has 0 amide bonds. The molecule has 0 atom stereocenters. The lowest BCUT2D eigenvalue weighted by Gasteiger charge is -2.04. The third-order valence-corrected chi connectivity index (χ3v) is 6.06. The normalized spacial score (nSPS) is 11.0. The molecule has 0 fully saturated rings. The van der Waals surface area contributed by atoms with Crippen LogP contribution in [-0.4, -0.2) is 36.1 Å². The van der Waals surface area contributed by atoms with Crippen LogP contribution in [0, 0.1) is 0 Å². The van der Waals surface area contributed by atoms with Crippen molar-refractivity contribution in [2.75, 3.05) is 14.2 Å². The maximum absolute atomic E-state index is 11.7. The molecule has 6 rings (SSSR count). The Hall–Kier alpha value is -5.44. The van der Waals surface area contributed by atoms with Crippen molar-refractivity contribution in [3.63, 3.8) is 0 Å². The largest absolute Gasteiger partial charge is 0.465 e. The number of carbonyl (C=O) groups excluding carboxylic acids is 2. The molecular formula is C30H20N2O7. The predicted octanol–water partition coefficient (Wildman–Crippen LogP) is 6.67. The molecule has 2 heterocycles. The minimum absolute atomic E-state index is 0.407. The van der Waals surface area contributed by atoms with E-state index in [1.165, 1.54) is 14.2 Å². The summed E-state index contributed by atoms with van der Waals surface area (Å²) in [6.45, 7) is 0. The zero-order valence-electron chi connectivity index (χ0n) is 20.8. The SMILES string of the molecule is COC(=O)c1ccc(-c2nc3cc(Oc4ccc5oc(-c6ccc(C(=O)OC)cc6)nc5c4)ccc3o2)cc1. The number of fused-ring (bicyclic) bond motifs is 2. The minimum atomic E-state index is -0.407. The molecule has 0 aliphatic carbocycles. The molecule has 0 unspecified atom stereocenters. The number of oxazole rings is 2. The summed E-state index contributed by atoms with van der Waals surface area (Å²) in [6, 6.07) is 24.4. The highest BCUT2D eigenvalue weighted by Gasteiger charge is 2.14. The van der Waals surface area contributed by atoms with E-state index in [9.17, 15) is 9.59 Å². The minimum Gasteiger partial charge on any atom is -0.465 e. The van der Waals surface area contributed by atoms with Crippen molar-refractivity contribution in [1.82, 2.24) is 9.97 Å². The second kappa shape index (κ2) is 9.79. The molecule has 0 saturated heterocycles. The first-order valence-electron chi connectivity index (χ1n) is 11.9. The fourth-order valence-corrected chi connectivity index (χ4v) is 4.06. The summed E-state index contributed by atoms with van der Waals surface area (Å²) in [5.74, 6) is 1.18. The Kier molecular flexibility index (Phi) is 6.01. The van der Waals surface area contributed by atoms with Crippen LogP contribution in [0.3, 0.4) is 0 Å². The molecule has 6 aromatic rings.